The molecule has 132 valence electrons. The van der Waals surface area contributed by atoms with Crippen molar-refractivity contribution in [2.75, 3.05) is 32.8 Å². The van der Waals surface area contributed by atoms with Crippen molar-refractivity contribution < 1.29 is 19.1 Å². The number of ether oxygens (including phenoxy) is 2. The molecule has 2 aliphatic rings. The van der Waals surface area contributed by atoms with Crippen molar-refractivity contribution in [3.8, 4) is 5.88 Å². The first-order chi connectivity index (χ1) is 11.3. The van der Waals surface area contributed by atoms with Crippen molar-refractivity contribution in [3.05, 3.63) is 11.8 Å². The Bertz CT molecular complexity index is 627. The largest absolute Gasteiger partial charge is 0.477 e. The normalized spacial score (nSPS) is 18.0. The van der Waals surface area contributed by atoms with E-state index in [0.29, 0.717) is 44.2 Å². The van der Waals surface area contributed by atoms with Gasteiger partial charge in [-0.2, -0.15) is 5.10 Å². The van der Waals surface area contributed by atoms with Gasteiger partial charge in [-0.25, -0.2) is 9.48 Å². The van der Waals surface area contributed by atoms with Crippen LogP contribution in [0.25, 0.3) is 0 Å². The Morgan fingerprint density at radius 3 is 2.46 bits per heavy atom. The fourth-order valence-electron chi connectivity index (χ4n) is 2.80. The summed E-state index contributed by atoms with van der Waals surface area (Å²) in [5, 5.41) is 4.22. The van der Waals surface area contributed by atoms with Crippen LogP contribution in [0.15, 0.2) is 6.20 Å². The highest BCUT2D eigenvalue weighted by molar-refractivity contribution is 5.96. The third-order valence-electron chi connectivity index (χ3n) is 3.99. The molecule has 0 aliphatic carbocycles. The molecule has 8 nitrogen and oxygen atoms in total. The van der Waals surface area contributed by atoms with Crippen LogP contribution in [0.3, 0.4) is 0 Å². The standard InChI is InChI=1S/C16H24N4O4/c1-16(2,3)24-15(22)19-8-6-18(7-9-19)13(21)12-11-17-20-5-4-10-23-14(12)20/h11H,4-10H2,1-3H3. The van der Waals surface area contributed by atoms with Crippen LogP contribution in [-0.2, 0) is 11.3 Å². The summed E-state index contributed by atoms with van der Waals surface area (Å²) < 4.78 is 12.7. The first-order valence-electron chi connectivity index (χ1n) is 8.31. The molecule has 2 amide bonds. The molecule has 0 bridgehead atoms. The summed E-state index contributed by atoms with van der Waals surface area (Å²) in [6.45, 7) is 8.78. The van der Waals surface area contributed by atoms with E-state index >= 15 is 0 Å². The number of fused-ring (bicyclic) bond motifs is 1. The Kier molecular flexibility index (Phi) is 4.38. The summed E-state index contributed by atoms with van der Waals surface area (Å²) in [5.41, 5.74) is -0.0149. The van der Waals surface area contributed by atoms with Gasteiger partial charge in [0.2, 0.25) is 5.88 Å². The minimum absolute atomic E-state index is 0.0954. The van der Waals surface area contributed by atoms with Gasteiger partial charge in [-0.05, 0) is 20.8 Å². The number of amides is 2. The van der Waals surface area contributed by atoms with Gasteiger partial charge in [0.15, 0.2) is 0 Å². The number of nitrogens with zero attached hydrogens (tertiary/aromatic N) is 4. The average molecular weight is 336 g/mol. The van der Waals surface area contributed by atoms with Gasteiger partial charge in [-0.1, -0.05) is 0 Å². The van der Waals surface area contributed by atoms with Crippen LogP contribution in [0.5, 0.6) is 5.88 Å². The number of aryl methyl sites for hydroxylation is 1. The fraction of sp³-hybridized carbons (Fsp3) is 0.688. The lowest BCUT2D eigenvalue weighted by molar-refractivity contribution is 0.0140. The maximum absolute atomic E-state index is 12.7. The van der Waals surface area contributed by atoms with Crippen LogP contribution < -0.4 is 4.74 Å². The number of hydrogen-bond donors (Lipinski definition) is 0. The molecule has 0 N–H and O–H groups in total. The molecule has 1 saturated heterocycles. The van der Waals surface area contributed by atoms with E-state index in [4.69, 9.17) is 9.47 Å². The smallest absolute Gasteiger partial charge is 0.410 e. The predicted molar refractivity (Wildman–Crippen MR) is 86.0 cm³/mol. The second-order valence-electron chi connectivity index (χ2n) is 7.05. The van der Waals surface area contributed by atoms with E-state index in [1.54, 1.807) is 20.7 Å². The average Bonchev–Trinajstić information content (AvgIpc) is 2.97. The molecule has 0 unspecified atom stereocenters. The maximum Gasteiger partial charge on any atom is 0.410 e. The van der Waals surface area contributed by atoms with Gasteiger partial charge < -0.3 is 19.3 Å². The summed E-state index contributed by atoms with van der Waals surface area (Å²) in [4.78, 5) is 28.1. The molecule has 2 aliphatic heterocycles. The zero-order valence-electron chi connectivity index (χ0n) is 14.4. The minimum atomic E-state index is -0.515. The van der Waals surface area contributed by atoms with Gasteiger partial charge in [0, 0.05) is 39.1 Å². The van der Waals surface area contributed by atoms with Crippen LogP contribution in [0.4, 0.5) is 4.79 Å². The van der Waals surface area contributed by atoms with Crippen molar-refractivity contribution in [2.45, 2.75) is 39.3 Å². The Balaban J connectivity index is 1.60. The number of aromatic nitrogens is 2. The third kappa shape index (κ3) is 3.47. The molecule has 0 aromatic carbocycles. The molecule has 1 aromatic rings. The van der Waals surface area contributed by atoms with Gasteiger partial charge in [0.1, 0.15) is 11.2 Å². The minimum Gasteiger partial charge on any atom is -0.477 e. The molecule has 0 spiro atoms. The molecule has 1 aromatic heterocycles. The quantitative estimate of drug-likeness (QED) is 0.774. The van der Waals surface area contributed by atoms with Gasteiger partial charge in [-0.3, -0.25) is 4.79 Å². The Hall–Kier alpha value is -2.25. The zero-order chi connectivity index (χ0) is 17.3. The van der Waals surface area contributed by atoms with E-state index in [-0.39, 0.29) is 12.0 Å². The number of carbonyl (C=O) groups is 2. The van der Waals surface area contributed by atoms with E-state index in [0.717, 1.165) is 13.0 Å². The summed E-state index contributed by atoms with van der Waals surface area (Å²) in [7, 11) is 0. The molecule has 0 atom stereocenters. The number of hydrogen-bond acceptors (Lipinski definition) is 5. The molecular formula is C16H24N4O4. The summed E-state index contributed by atoms with van der Waals surface area (Å²) >= 11 is 0. The highest BCUT2D eigenvalue weighted by atomic mass is 16.6. The highest BCUT2D eigenvalue weighted by Gasteiger charge is 2.30. The van der Waals surface area contributed by atoms with Crippen LogP contribution in [0.1, 0.15) is 37.6 Å². The van der Waals surface area contributed by atoms with E-state index in [1.807, 2.05) is 20.8 Å². The van der Waals surface area contributed by atoms with Gasteiger partial charge in [-0.15, -0.1) is 0 Å². The van der Waals surface area contributed by atoms with Gasteiger partial charge in [0.05, 0.1) is 12.8 Å². The van der Waals surface area contributed by atoms with Crippen LogP contribution >= 0.6 is 0 Å². The zero-order valence-corrected chi connectivity index (χ0v) is 14.4. The second kappa shape index (κ2) is 6.33. The Morgan fingerprint density at radius 1 is 1.12 bits per heavy atom. The molecule has 3 rings (SSSR count). The molecule has 0 radical (unpaired) electrons. The van der Waals surface area contributed by atoms with Gasteiger partial charge >= 0.3 is 6.09 Å². The molecule has 8 heteroatoms. The van der Waals surface area contributed by atoms with Crippen LogP contribution in [0, 0.1) is 0 Å². The SMILES string of the molecule is CC(C)(C)OC(=O)N1CCN(C(=O)c2cnn3c2OCCC3)CC1. The van der Waals surface area contributed by atoms with Crippen molar-refractivity contribution in [2.24, 2.45) is 0 Å². The topological polar surface area (TPSA) is 76.9 Å². The summed E-state index contributed by atoms with van der Waals surface area (Å²) in [6.07, 6.45) is 2.14. The second-order valence-corrected chi connectivity index (χ2v) is 7.05. The van der Waals surface area contributed by atoms with Crippen molar-refractivity contribution in [1.29, 1.82) is 0 Å². The molecule has 3 heterocycles. The van der Waals surface area contributed by atoms with E-state index in [2.05, 4.69) is 5.10 Å². The monoisotopic (exact) mass is 336 g/mol. The summed E-state index contributed by atoms with van der Waals surface area (Å²) in [5.74, 6) is 0.461. The first-order valence-corrected chi connectivity index (χ1v) is 8.31. The highest BCUT2D eigenvalue weighted by Crippen LogP contribution is 2.24. The maximum atomic E-state index is 12.7. The first kappa shape index (κ1) is 16.6. The number of carbonyl (C=O) groups excluding carboxylic acids is 2. The van der Waals surface area contributed by atoms with E-state index in [1.165, 1.54) is 0 Å². The van der Waals surface area contributed by atoms with E-state index in [9.17, 15) is 9.59 Å². The van der Waals surface area contributed by atoms with Crippen molar-refractivity contribution in [1.82, 2.24) is 19.6 Å². The van der Waals surface area contributed by atoms with Crippen LogP contribution in [-0.4, -0.2) is 70.0 Å². The number of piperazine rings is 1. The fourth-order valence-corrected chi connectivity index (χ4v) is 2.80. The molecule has 1 fully saturated rings. The Labute approximate surface area is 141 Å². The molecule has 0 saturated carbocycles. The molecular weight excluding hydrogens is 312 g/mol. The lowest BCUT2D eigenvalue weighted by Gasteiger charge is -2.35. The third-order valence-corrected chi connectivity index (χ3v) is 3.99. The lowest BCUT2D eigenvalue weighted by Crippen LogP contribution is -2.51. The summed E-state index contributed by atoms with van der Waals surface area (Å²) in [6, 6.07) is 0. The van der Waals surface area contributed by atoms with Crippen molar-refractivity contribution in [3.63, 3.8) is 0 Å². The van der Waals surface area contributed by atoms with E-state index < -0.39 is 5.60 Å². The number of rotatable bonds is 1. The molecule has 24 heavy (non-hydrogen) atoms. The van der Waals surface area contributed by atoms with Gasteiger partial charge in [0.25, 0.3) is 5.91 Å². The van der Waals surface area contributed by atoms with Crippen LogP contribution in [0.2, 0.25) is 0 Å². The lowest BCUT2D eigenvalue weighted by atomic mass is 10.2. The Morgan fingerprint density at radius 2 is 1.79 bits per heavy atom. The predicted octanol–water partition coefficient (Wildman–Crippen LogP) is 1.36. The van der Waals surface area contributed by atoms with Crippen molar-refractivity contribution >= 4 is 12.0 Å².